The molecular formula is C13H15Br2N5. The van der Waals surface area contributed by atoms with Gasteiger partial charge in [0.15, 0.2) is 5.82 Å². The number of anilines is 1. The van der Waals surface area contributed by atoms with Crippen molar-refractivity contribution in [1.29, 1.82) is 0 Å². The molecule has 0 bridgehead atoms. The van der Waals surface area contributed by atoms with Gasteiger partial charge in [-0.2, -0.15) is 4.98 Å². The summed E-state index contributed by atoms with van der Waals surface area (Å²) >= 11 is 6.99. The van der Waals surface area contributed by atoms with Gasteiger partial charge in [0.05, 0.1) is 0 Å². The van der Waals surface area contributed by atoms with Crippen molar-refractivity contribution in [2.75, 3.05) is 18.0 Å². The number of piperidine rings is 1. The molecule has 7 heteroatoms. The summed E-state index contributed by atoms with van der Waals surface area (Å²) in [6.07, 6.45) is 1.98. The number of H-pyrrole nitrogens is 1. The molecule has 0 amide bonds. The van der Waals surface area contributed by atoms with Gasteiger partial charge in [-0.1, -0.05) is 15.9 Å². The van der Waals surface area contributed by atoms with Crippen LogP contribution in [-0.4, -0.2) is 34.3 Å². The summed E-state index contributed by atoms with van der Waals surface area (Å²) in [5, 5.41) is 7.33. The summed E-state index contributed by atoms with van der Waals surface area (Å²) in [5.41, 5.74) is 6.92. The van der Waals surface area contributed by atoms with Crippen LogP contribution in [0.5, 0.6) is 0 Å². The first-order valence-electron chi connectivity index (χ1n) is 6.52. The monoisotopic (exact) mass is 399 g/mol. The minimum Gasteiger partial charge on any atom is -0.339 e. The number of aromatic nitrogens is 3. The molecule has 20 heavy (non-hydrogen) atoms. The first-order chi connectivity index (χ1) is 9.63. The summed E-state index contributed by atoms with van der Waals surface area (Å²) in [4.78, 5) is 6.77. The van der Waals surface area contributed by atoms with E-state index >= 15 is 0 Å². The molecule has 1 aliphatic rings. The standard InChI is InChI=1S/C13H15Br2N5/c14-8-1-2-10(11(15)7-8)12-17-13(19-18-12)20-5-3-9(16)4-6-20/h1-2,7,9H,3-6,16H2,(H,17,18,19). The van der Waals surface area contributed by atoms with Crippen molar-refractivity contribution in [3.05, 3.63) is 27.1 Å². The molecule has 1 saturated heterocycles. The molecule has 2 heterocycles. The first kappa shape index (κ1) is 14.0. The van der Waals surface area contributed by atoms with Gasteiger partial charge in [-0.15, -0.1) is 5.10 Å². The Labute approximate surface area is 134 Å². The molecule has 1 fully saturated rings. The quantitative estimate of drug-likeness (QED) is 0.812. The van der Waals surface area contributed by atoms with Crippen molar-refractivity contribution >= 4 is 37.8 Å². The highest BCUT2D eigenvalue weighted by Crippen LogP contribution is 2.29. The average molecular weight is 401 g/mol. The van der Waals surface area contributed by atoms with Crippen LogP contribution in [0.1, 0.15) is 12.8 Å². The fraction of sp³-hybridized carbons (Fsp3) is 0.385. The van der Waals surface area contributed by atoms with E-state index in [1.54, 1.807) is 0 Å². The Kier molecular flexibility index (Phi) is 4.09. The second-order valence-corrected chi connectivity index (χ2v) is 6.70. The molecule has 0 saturated carbocycles. The lowest BCUT2D eigenvalue weighted by atomic mass is 10.1. The minimum absolute atomic E-state index is 0.310. The van der Waals surface area contributed by atoms with E-state index in [2.05, 4.69) is 51.9 Å². The summed E-state index contributed by atoms with van der Waals surface area (Å²) in [7, 11) is 0. The number of benzene rings is 1. The van der Waals surface area contributed by atoms with Gasteiger partial charge < -0.3 is 10.6 Å². The molecule has 3 N–H and O–H groups in total. The van der Waals surface area contributed by atoms with E-state index in [1.165, 1.54) is 0 Å². The molecule has 0 unspecified atom stereocenters. The van der Waals surface area contributed by atoms with Gasteiger partial charge in [-0.3, -0.25) is 5.10 Å². The van der Waals surface area contributed by atoms with Crippen LogP contribution in [0.4, 0.5) is 5.95 Å². The van der Waals surface area contributed by atoms with Gasteiger partial charge in [-0.25, -0.2) is 0 Å². The average Bonchev–Trinajstić information content (AvgIpc) is 2.89. The second kappa shape index (κ2) is 5.83. The number of nitrogens with two attached hydrogens (primary N) is 1. The van der Waals surface area contributed by atoms with Crippen LogP contribution in [0.3, 0.4) is 0 Å². The third-order valence-corrected chi connectivity index (χ3v) is 4.63. The Morgan fingerprint density at radius 3 is 2.70 bits per heavy atom. The molecule has 5 nitrogen and oxygen atoms in total. The maximum absolute atomic E-state index is 5.92. The van der Waals surface area contributed by atoms with Crippen LogP contribution < -0.4 is 10.6 Å². The van der Waals surface area contributed by atoms with Crippen LogP contribution in [0, 0.1) is 0 Å². The van der Waals surface area contributed by atoms with Crippen LogP contribution in [0.2, 0.25) is 0 Å². The van der Waals surface area contributed by atoms with Crippen molar-refractivity contribution in [2.45, 2.75) is 18.9 Å². The fourth-order valence-electron chi connectivity index (χ4n) is 2.30. The molecule has 0 radical (unpaired) electrons. The van der Waals surface area contributed by atoms with Gasteiger partial charge >= 0.3 is 0 Å². The van der Waals surface area contributed by atoms with Crippen molar-refractivity contribution in [1.82, 2.24) is 15.2 Å². The third-order valence-electron chi connectivity index (χ3n) is 3.48. The number of hydrogen-bond donors (Lipinski definition) is 2. The smallest absolute Gasteiger partial charge is 0.245 e. The topological polar surface area (TPSA) is 70.8 Å². The zero-order valence-electron chi connectivity index (χ0n) is 10.8. The van der Waals surface area contributed by atoms with Crippen molar-refractivity contribution in [2.24, 2.45) is 5.73 Å². The molecule has 2 aromatic rings. The number of nitrogens with zero attached hydrogens (tertiary/aromatic N) is 3. The summed E-state index contributed by atoms with van der Waals surface area (Å²) in [5.74, 6) is 1.52. The molecule has 0 atom stereocenters. The lowest BCUT2D eigenvalue weighted by Crippen LogP contribution is -2.40. The third kappa shape index (κ3) is 2.89. The van der Waals surface area contributed by atoms with Crippen LogP contribution >= 0.6 is 31.9 Å². The number of aromatic amines is 1. The highest BCUT2D eigenvalue weighted by Gasteiger charge is 2.20. The number of nitrogens with one attached hydrogen (secondary N) is 1. The Morgan fingerprint density at radius 2 is 2.00 bits per heavy atom. The number of halogens is 2. The lowest BCUT2D eigenvalue weighted by Gasteiger charge is -2.28. The van der Waals surface area contributed by atoms with E-state index in [0.29, 0.717) is 6.04 Å². The van der Waals surface area contributed by atoms with Gasteiger partial charge in [0.2, 0.25) is 5.95 Å². The molecule has 3 rings (SSSR count). The molecule has 1 aliphatic heterocycles. The van der Waals surface area contributed by atoms with E-state index in [-0.39, 0.29) is 0 Å². The lowest BCUT2D eigenvalue weighted by molar-refractivity contribution is 0.496. The SMILES string of the molecule is NC1CCN(c2n[nH]c(-c3ccc(Br)cc3Br)n2)CC1. The number of hydrogen-bond acceptors (Lipinski definition) is 4. The number of rotatable bonds is 2. The van der Waals surface area contributed by atoms with Crippen LogP contribution in [0.15, 0.2) is 27.1 Å². The van der Waals surface area contributed by atoms with Crippen LogP contribution in [0.25, 0.3) is 11.4 Å². The molecule has 1 aromatic heterocycles. The summed E-state index contributed by atoms with van der Waals surface area (Å²) < 4.78 is 2.01. The Bertz CT molecular complexity index is 605. The highest BCUT2D eigenvalue weighted by molar-refractivity contribution is 9.11. The maximum Gasteiger partial charge on any atom is 0.245 e. The highest BCUT2D eigenvalue weighted by atomic mass is 79.9. The Balaban J connectivity index is 1.83. The summed E-state index contributed by atoms with van der Waals surface area (Å²) in [6, 6.07) is 6.30. The van der Waals surface area contributed by atoms with E-state index in [4.69, 9.17) is 5.73 Å². The van der Waals surface area contributed by atoms with Crippen LogP contribution in [-0.2, 0) is 0 Å². The molecular weight excluding hydrogens is 386 g/mol. The molecule has 106 valence electrons. The van der Waals surface area contributed by atoms with Crippen molar-refractivity contribution in [3.8, 4) is 11.4 Å². The first-order valence-corrected chi connectivity index (χ1v) is 8.10. The predicted octanol–water partition coefficient (Wildman–Crippen LogP) is 2.92. The molecule has 0 aliphatic carbocycles. The van der Waals surface area contributed by atoms with E-state index in [1.807, 2.05) is 18.2 Å². The maximum atomic E-state index is 5.92. The Morgan fingerprint density at radius 1 is 1.25 bits per heavy atom. The van der Waals surface area contributed by atoms with Gasteiger partial charge in [0, 0.05) is 33.6 Å². The van der Waals surface area contributed by atoms with E-state index in [9.17, 15) is 0 Å². The normalized spacial score (nSPS) is 16.6. The van der Waals surface area contributed by atoms with E-state index < -0.39 is 0 Å². The minimum atomic E-state index is 0.310. The predicted molar refractivity (Wildman–Crippen MR) is 86.6 cm³/mol. The van der Waals surface area contributed by atoms with Crippen molar-refractivity contribution < 1.29 is 0 Å². The fourth-order valence-corrected chi connectivity index (χ4v) is 3.53. The van der Waals surface area contributed by atoms with Crippen molar-refractivity contribution in [3.63, 3.8) is 0 Å². The second-order valence-electron chi connectivity index (χ2n) is 4.93. The molecule has 1 aromatic carbocycles. The summed E-state index contributed by atoms with van der Waals surface area (Å²) in [6.45, 7) is 1.83. The largest absolute Gasteiger partial charge is 0.339 e. The zero-order chi connectivity index (χ0) is 14.1. The Hall–Kier alpha value is -0.920. The van der Waals surface area contributed by atoms with Gasteiger partial charge in [0.1, 0.15) is 0 Å². The van der Waals surface area contributed by atoms with Gasteiger partial charge in [0.25, 0.3) is 0 Å². The van der Waals surface area contributed by atoms with Gasteiger partial charge in [-0.05, 0) is 47.0 Å². The van der Waals surface area contributed by atoms with E-state index in [0.717, 1.165) is 52.2 Å². The molecule has 0 spiro atoms. The zero-order valence-corrected chi connectivity index (χ0v) is 14.0.